The summed E-state index contributed by atoms with van der Waals surface area (Å²) < 4.78 is 0. The van der Waals surface area contributed by atoms with Gasteiger partial charge in [-0.05, 0) is 43.0 Å². The minimum atomic E-state index is -0.555. The summed E-state index contributed by atoms with van der Waals surface area (Å²) in [6, 6.07) is 15.8. The molecule has 144 valence electrons. The van der Waals surface area contributed by atoms with E-state index >= 15 is 0 Å². The van der Waals surface area contributed by atoms with Gasteiger partial charge in [0.25, 0.3) is 0 Å². The number of rotatable bonds is 4. The smallest absolute Gasteiger partial charge is 0.233 e. The van der Waals surface area contributed by atoms with Crippen LogP contribution in [0.25, 0.3) is 0 Å². The zero-order valence-corrected chi connectivity index (χ0v) is 17.2. The van der Waals surface area contributed by atoms with E-state index in [2.05, 4.69) is 12.1 Å². The van der Waals surface area contributed by atoms with Crippen LogP contribution in [0, 0.1) is 5.92 Å². The standard InChI is InChI=1S/C21H22Cl2N2O.ClH/c22-17-7-4-8-18(23)19(17)21(9-10-21)20(26)25-12-15(11-24)16(13-25)14-5-2-1-3-6-14;/h1-8,15-16H,9-13,24H2;1H/t15-,16+;/m1./s1. The maximum Gasteiger partial charge on any atom is 0.233 e. The molecule has 1 heterocycles. The summed E-state index contributed by atoms with van der Waals surface area (Å²) in [4.78, 5) is 15.4. The van der Waals surface area contributed by atoms with E-state index in [1.165, 1.54) is 5.56 Å². The second-order valence-electron chi connectivity index (χ2n) is 7.40. The summed E-state index contributed by atoms with van der Waals surface area (Å²) >= 11 is 12.8. The van der Waals surface area contributed by atoms with Crippen LogP contribution in [0.1, 0.15) is 29.9 Å². The highest BCUT2D eigenvalue weighted by molar-refractivity contribution is 6.36. The highest BCUT2D eigenvalue weighted by Gasteiger charge is 2.56. The zero-order valence-electron chi connectivity index (χ0n) is 14.9. The number of amides is 1. The number of nitrogens with zero attached hydrogens (tertiary/aromatic N) is 1. The van der Waals surface area contributed by atoms with Gasteiger partial charge in [-0.15, -0.1) is 12.4 Å². The lowest BCUT2D eigenvalue weighted by Gasteiger charge is -2.25. The Morgan fingerprint density at radius 3 is 2.22 bits per heavy atom. The number of carbonyl (C=O) groups is 1. The average Bonchev–Trinajstić information content (AvgIpc) is 3.32. The van der Waals surface area contributed by atoms with Crippen molar-refractivity contribution >= 4 is 41.5 Å². The lowest BCUT2D eigenvalue weighted by atomic mass is 9.89. The van der Waals surface area contributed by atoms with E-state index in [1.807, 2.05) is 41.3 Å². The number of nitrogens with two attached hydrogens (primary N) is 1. The lowest BCUT2D eigenvalue weighted by molar-refractivity contribution is -0.133. The van der Waals surface area contributed by atoms with E-state index in [-0.39, 0.29) is 30.2 Å². The van der Waals surface area contributed by atoms with Crippen molar-refractivity contribution < 1.29 is 4.79 Å². The summed E-state index contributed by atoms with van der Waals surface area (Å²) in [5.74, 6) is 0.700. The zero-order chi connectivity index (χ0) is 18.3. The maximum atomic E-state index is 13.4. The highest BCUT2D eigenvalue weighted by atomic mass is 35.5. The molecular weight excluding hydrogens is 403 g/mol. The normalized spacial score (nSPS) is 23.0. The Bertz CT molecular complexity index is 803. The largest absolute Gasteiger partial charge is 0.341 e. The van der Waals surface area contributed by atoms with Crippen molar-refractivity contribution in [2.75, 3.05) is 19.6 Å². The summed E-state index contributed by atoms with van der Waals surface area (Å²) in [6.45, 7) is 1.97. The summed E-state index contributed by atoms with van der Waals surface area (Å²) in [5.41, 5.74) is 7.51. The first kappa shape index (κ1) is 20.5. The summed E-state index contributed by atoms with van der Waals surface area (Å²) in [5, 5.41) is 1.16. The predicted octanol–water partition coefficient (Wildman–Crippen LogP) is 4.65. The molecule has 0 aromatic heterocycles. The Hall–Kier alpha value is -1.26. The number of carbonyl (C=O) groups excluding carboxylic acids is 1. The van der Waals surface area contributed by atoms with Gasteiger partial charge < -0.3 is 10.6 Å². The van der Waals surface area contributed by atoms with Crippen molar-refractivity contribution in [1.29, 1.82) is 0 Å². The average molecular weight is 426 g/mol. The van der Waals surface area contributed by atoms with Gasteiger partial charge in [0.15, 0.2) is 0 Å². The van der Waals surface area contributed by atoms with Crippen LogP contribution in [0.4, 0.5) is 0 Å². The number of likely N-dealkylation sites (tertiary alicyclic amines) is 1. The first-order valence-corrected chi connectivity index (χ1v) is 9.81. The number of hydrogen-bond donors (Lipinski definition) is 1. The van der Waals surface area contributed by atoms with Crippen LogP contribution in [-0.2, 0) is 10.2 Å². The molecular formula is C21H23Cl3N2O. The van der Waals surface area contributed by atoms with Gasteiger partial charge in [-0.1, -0.05) is 59.6 Å². The molecule has 1 saturated carbocycles. The quantitative estimate of drug-likeness (QED) is 0.775. The SMILES string of the molecule is Cl.NC[C@@H]1CN(C(=O)C2(c3c(Cl)cccc3Cl)CC2)C[C@H]1c1ccccc1. The van der Waals surface area contributed by atoms with E-state index in [9.17, 15) is 4.79 Å². The topological polar surface area (TPSA) is 46.3 Å². The first-order valence-electron chi connectivity index (χ1n) is 9.05. The molecule has 1 saturated heterocycles. The van der Waals surface area contributed by atoms with E-state index in [0.29, 0.717) is 29.7 Å². The maximum absolute atomic E-state index is 13.4. The van der Waals surface area contributed by atoms with Gasteiger partial charge in [-0.2, -0.15) is 0 Å². The van der Waals surface area contributed by atoms with Gasteiger partial charge in [0, 0.05) is 34.6 Å². The summed E-state index contributed by atoms with van der Waals surface area (Å²) in [6.07, 6.45) is 1.60. The van der Waals surface area contributed by atoms with Crippen molar-refractivity contribution in [3.8, 4) is 0 Å². The molecule has 4 rings (SSSR count). The Balaban J connectivity index is 0.00000210. The number of benzene rings is 2. The van der Waals surface area contributed by atoms with Crippen LogP contribution >= 0.6 is 35.6 Å². The monoisotopic (exact) mass is 424 g/mol. The molecule has 0 radical (unpaired) electrons. The van der Waals surface area contributed by atoms with Crippen LogP contribution in [0.3, 0.4) is 0 Å². The molecule has 1 aliphatic heterocycles. The van der Waals surface area contributed by atoms with Crippen molar-refractivity contribution in [1.82, 2.24) is 4.90 Å². The van der Waals surface area contributed by atoms with Crippen LogP contribution in [0.2, 0.25) is 10.0 Å². The number of halogens is 3. The molecule has 2 fully saturated rings. The molecule has 3 nitrogen and oxygen atoms in total. The third kappa shape index (κ3) is 3.58. The van der Waals surface area contributed by atoms with Gasteiger partial charge >= 0.3 is 0 Å². The Morgan fingerprint density at radius 1 is 1.04 bits per heavy atom. The minimum Gasteiger partial charge on any atom is -0.341 e. The molecule has 6 heteroatoms. The Morgan fingerprint density at radius 2 is 1.67 bits per heavy atom. The van der Waals surface area contributed by atoms with Crippen LogP contribution in [-0.4, -0.2) is 30.4 Å². The third-order valence-corrected chi connectivity index (χ3v) is 6.49. The summed E-state index contributed by atoms with van der Waals surface area (Å²) in [7, 11) is 0. The molecule has 0 unspecified atom stereocenters. The minimum absolute atomic E-state index is 0. The third-order valence-electron chi connectivity index (χ3n) is 5.86. The van der Waals surface area contributed by atoms with Gasteiger partial charge in [-0.25, -0.2) is 0 Å². The van der Waals surface area contributed by atoms with Crippen molar-refractivity contribution in [3.63, 3.8) is 0 Å². The fourth-order valence-electron chi connectivity index (χ4n) is 4.31. The highest BCUT2D eigenvalue weighted by Crippen LogP contribution is 2.54. The molecule has 0 spiro atoms. The Labute approximate surface area is 176 Å². The van der Waals surface area contributed by atoms with E-state index in [0.717, 1.165) is 18.4 Å². The lowest BCUT2D eigenvalue weighted by Crippen LogP contribution is -2.38. The van der Waals surface area contributed by atoms with Crippen molar-refractivity contribution in [3.05, 3.63) is 69.7 Å². The predicted molar refractivity (Wildman–Crippen MR) is 113 cm³/mol. The van der Waals surface area contributed by atoms with Crippen LogP contribution in [0.15, 0.2) is 48.5 Å². The molecule has 2 atom stereocenters. The van der Waals surface area contributed by atoms with Crippen molar-refractivity contribution in [2.45, 2.75) is 24.2 Å². The van der Waals surface area contributed by atoms with E-state index in [1.54, 1.807) is 0 Å². The van der Waals surface area contributed by atoms with Gasteiger partial charge in [-0.3, -0.25) is 4.79 Å². The molecule has 1 aliphatic carbocycles. The molecule has 2 aromatic carbocycles. The fraction of sp³-hybridized carbons (Fsp3) is 0.381. The second kappa shape index (κ2) is 8.00. The molecule has 2 aliphatic rings. The second-order valence-corrected chi connectivity index (χ2v) is 8.22. The first-order chi connectivity index (χ1) is 12.6. The molecule has 0 bridgehead atoms. The molecule has 1 amide bonds. The molecule has 2 aromatic rings. The van der Waals surface area contributed by atoms with Gasteiger partial charge in [0.1, 0.15) is 0 Å². The van der Waals surface area contributed by atoms with Crippen molar-refractivity contribution in [2.24, 2.45) is 11.7 Å². The van der Waals surface area contributed by atoms with Crippen LogP contribution < -0.4 is 5.73 Å². The van der Waals surface area contributed by atoms with Gasteiger partial charge in [0.2, 0.25) is 5.91 Å². The number of hydrogen-bond acceptors (Lipinski definition) is 2. The molecule has 2 N–H and O–H groups in total. The van der Waals surface area contributed by atoms with E-state index in [4.69, 9.17) is 28.9 Å². The van der Waals surface area contributed by atoms with Gasteiger partial charge in [0.05, 0.1) is 5.41 Å². The molecule has 27 heavy (non-hydrogen) atoms. The fourth-order valence-corrected chi connectivity index (χ4v) is 5.07. The Kier molecular flexibility index (Phi) is 6.07. The van der Waals surface area contributed by atoms with E-state index < -0.39 is 5.41 Å². The van der Waals surface area contributed by atoms with Crippen LogP contribution in [0.5, 0.6) is 0 Å².